The zero-order chi connectivity index (χ0) is 15.1. The third kappa shape index (κ3) is 2.36. The maximum atomic E-state index is 13.4. The van der Waals surface area contributed by atoms with E-state index in [1.54, 1.807) is 5.38 Å². The fourth-order valence-corrected chi connectivity index (χ4v) is 3.80. The second-order valence-corrected chi connectivity index (χ2v) is 6.27. The molecule has 1 unspecified atom stereocenters. The lowest BCUT2D eigenvalue weighted by Gasteiger charge is -2.29. The summed E-state index contributed by atoms with van der Waals surface area (Å²) in [5.41, 5.74) is -1.54. The van der Waals surface area contributed by atoms with E-state index in [-0.39, 0.29) is 25.9 Å². The van der Waals surface area contributed by atoms with Gasteiger partial charge in [-0.25, -0.2) is 0 Å². The van der Waals surface area contributed by atoms with Crippen molar-refractivity contribution >= 4 is 27.2 Å². The predicted molar refractivity (Wildman–Crippen MR) is 76.5 cm³/mol. The van der Waals surface area contributed by atoms with Gasteiger partial charge >= 0.3 is 6.18 Å². The van der Waals surface area contributed by atoms with Gasteiger partial charge in [-0.15, -0.1) is 11.3 Å². The predicted octanol–water partition coefficient (Wildman–Crippen LogP) is 3.55. The zero-order valence-electron chi connectivity index (χ0n) is 11.2. The number of Topliss-reactive ketones (excluding diaryl/α,β-unsaturated/α-hetero) is 1. The van der Waals surface area contributed by atoms with Gasteiger partial charge in [0.2, 0.25) is 0 Å². The van der Waals surface area contributed by atoms with Gasteiger partial charge in [-0.3, -0.25) is 4.79 Å². The van der Waals surface area contributed by atoms with Crippen molar-refractivity contribution in [2.24, 2.45) is 5.41 Å². The molecule has 0 aliphatic carbocycles. The fraction of sp³-hybridized carbons (Fsp3) is 0.400. The summed E-state index contributed by atoms with van der Waals surface area (Å²) in [5, 5.41) is 5.34. The minimum absolute atomic E-state index is 0.162. The lowest BCUT2D eigenvalue weighted by molar-refractivity contribution is -0.214. The first-order valence-electron chi connectivity index (χ1n) is 6.70. The van der Waals surface area contributed by atoms with Crippen LogP contribution in [0.15, 0.2) is 29.6 Å². The molecule has 2 aromatic rings. The Morgan fingerprint density at radius 1 is 1.33 bits per heavy atom. The number of nitrogens with one attached hydrogen (secondary N) is 1. The van der Waals surface area contributed by atoms with Crippen LogP contribution in [0.1, 0.15) is 12.0 Å². The smallest absolute Gasteiger partial charge is 0.315 e. The number of rotatable bonds is 3. The van der Waals surface area contributed by atoms with E-state index >= 15 is 0 Å². The maximum Gasteiger partial charge on any atom is 0.402 e. The van der Waals surface area contributed by atoms with Crippen molar-refractivity contribution in [1.82, 2.24) is 5.32 Å². The first kappa shape index (κ1) is 14.5. The number of carbonyl (C=O) groups excluding carboxylic acids is 1. The lowest BCUT2D eigenvalue weighted by atomic mass is 9.79. The highest BCUT2D eigenvalue weighted by Crippen LogP contribution is 2.44. The summed E-state index contributed by atoms with van der Waals surface area (Å²) >= 11 is 1.46. The van der Waals surface area contributed by atoms with E-state index < -0.39 is 17.4 Å². The topological polar surface area (TPSA) is 29.1 Å². The molecule has 1 N–H and O–H groups in total. The summed E-state index contributed by atoms with van der Waals surface area (Å²) < 4.78 is 41.0. The van der Waals surface area contributed by atoms with Crippen LogP contribution in [0.3, 0.4) is 0 Å². The molecule has 1 aliphatic heterocycles. The van der Waals surface area contributed by atoms with Crippen molar-refractivity contribution in [2.75, 3.05) is 13.1 Å². The number of halogens is 3. The van der Waals surface area contributed by atoms with Crippen molar-refractivity contribution in [1.29, 1.82) is 0 Å². The number of carbonyl (C=O) groups is 1. The molecule has 1 fully saturated rings. The number of benzene rings is 1. The molecule has 0 radical (unpaired) electrons. The van der Waals surface area contributed by atoms with Gasteiger partial charge in [0.1, 0.15) is 5.41 Å². The van der Waals surface area contributed by atoms with E-state index in [0.717, 1.165) is 10.1 Å². The Kier molecular flexibility index (Phi) is 3.53. The summed E-state index contributed by atoms with van der Waals surface area (Å²) in [6.45, 7) is -0.0764. The molecule has 1 atom stereocenters. The molecule has 0 saturated carbocycles. The quantitative estimate of drug-likeness (QED) is 0.939. The Balaban J connectivity index is 1.92. The van der Waals surface area contributed by atoms with Crippen LogP contribution < -0.4 is 5.32 Å². The number of hydrogen-bond donors (Lipinski definition) is 1. The van der Waals surface area contributed by atoms with Crippen molar-refractivity contribution < 1.29 is 18.0 Å². The third-order valence-electron chi connectivity index (χ3n) is 4.14. The van der Waals surface area contributed by atoms with Gasteiger partial charge < -0.3 is 5.32 Å². The minimum atomic E-state index is -4.50. The Hall–Kier alpha value is -1.40. The lowest BCUT2D eigenvalue weighted by Crippen LogP contribution is -2.47. The Bertz CT molecular complexity index is 671. The molecule has 2 nitrogen and oxygen atoms in total. The van der Waals surface area contributed by atoms with Crippen LogP contribution >= 0.6 is 11.3 Å². The van der Waals surface area contributed by atoms with Crippen molar-refractivity contribution in [3.63, 3.8) is 0 Å². The molecular formula is C15H14F3NOS. The van der Waals surface area contributed by atoms with Crippen molar-refractivity contribution in [2.45, 2.75) is 19.0 Å². The highest BCUT2D eigenvalue weighted by atomic mass is 32.1. The molecular weight excluding hydrogens is 299 g/mol. The van der Waals surface area contributed by atoms with Gasteiger partial charge in [0, 0.05) is 17.7 Å². The standard InChI is InChI=1S/C15H14F3NOS/c16-15(17,18)14(5-6-19-9-14)13(20)7-10-8-21-12-4-2-1-3-11(10)12/h1-4,8,19H,5-7,9H2. The first-order valence-corrected chi connectivity index (χ1v) is 7.58. The summed E-state index contributed by atoms with van der Waals surface area (Å²) in [4.78, 5) is 12.4. The largest absolute Gasteiger partial charge is 0.402 e. The van der Waals surface area contributed by atoms with Crippen LogP contribution in [0.25, 0.3) is 10.1 Å². The monoisotopic (exact) mass is 313 g/mol. The van der Waals surface area contributed by atoms with Crippen molar-refractivity contribution in [3.8, 4) is 0 Å². The van der Waals surface area contributed by atoms with E-state index in [1.165, 1.54) is 11.3 Å². The third-order valence-corrected chi connectivity index (χ3v) is 5.16. The molecule has 1 aromatic heterocycles. The number of ketones is 1. The molecule has 0 amide bonds. The molecule has 6 heteroatoms. The van der Waals surface area contributed by atoms with Crippen molar-refractivity contribution in [3.05, 3.63) is 35.2 Å². The van der Waals surface area contributed by atoms with E-state index in [1.807, 2.05) is 24.3 Å². The number of alkyl halides is 3. The van der Waals surface area contributed by atoms with E-state index in [9.17, 15) is 18.0 Å². The SMILES string of the molecule is O=C(Cc1csc2ccccc12)C1(C(F)(F)F)CCNC1. The number of thiophene rings is 1. The second kappa shape index (κ2) is 5.10. The average Bonchev–Trinajstić information content (AvgIpc) is 3.06. The maximum absolute atomic E-state index is 13.4. The van der Waals surface area contributed by atoms with Gasteiger partial charge in [0.25, 0.3) is 0 Å². The molecule has 21 heavy (non-hydrogen) atoms. The van der Waals surface area contributed by atoms with E-state index in [4.69, 9.17) is 0 Å². The van der Waals surface area contributed by atoms with Crippen LogP contribution in [0, 0.1) is 5.41 Å². The average molecular weight is 313 g/mol. The number of hydrogen-bond acceptors (Lipinski definition) is 3. The normalized spacial score (nSPS) is 22.8. The summed E-state index contributed by atoms with van der Waals surface area (Å²) in [6.07, 6.45) is -4.83. The number of fused-ring (bicyclic) bond motifs is 1. The zero-order valence-corrected chi connectivity index (χ0v) is 12.0. The molecule has 3 rings (SSSR count). The minimum Gasteiger partial charge on any atom is -0.315 e. The highest BCUT2D eigenvalue weighted by molar-refractivity contribution is 7.17. The second-order valence-electron chi connectivity index (χ2n) is 5.36. The van der Waals surface area contributed by atoms with Crippen LogP contribution in [-0.4, -0.2) is 25.0 Å². The molecule has 0 bridgehead atoms. The van der Waals surface area contributed by atoms with Crippen LogP contribution in [0.5, 0.6) is 0 Å². The molecule has 112 valence electrons. The van der Waals surface area contributed by atoms with E-state index in [2.05, 4.69) is 5.32 Å². The molecule has 1 aliphatic rings. The van der Waals surface area contributed by atoms with Crippen LogP contribution in [0.4, 0.5) is 13.2 Å². The van der Waals surface area contributed by atoms with Crippen LogP contribution in [0.2, 0.25) is 0 Å². The Morgan fingerprint density at radius 3 is 2.76 bits per heavy atom. The summed E-state index contributed by atoms with van der Waals surface area (Å²) in [5.74, 6) is -0.733. The molecule has 1 saturated heterocycles. The molecule has 2 heterocycles. The van der Waals surface area contributed by atoms with Gasteiger partial charge in [-0.1, -0.05) is 18.2 Å². The summed E-state index contributed by atoms with van der Waals surface area (Å²) in [7, 11) is 0. The van der Waals surface area contributed by atoms with E-state index in [0.29, 0.717) is 5.56 Å². The Morgan fingerprint density at radius 2 is 2.10 bits per heavy atom. The van der Waals surface area contributed by atoms with Gasteiger partial charge in [0.15, 0.2) is 5.78 Å². The van der Waals surface area contributed by atoms with Gasteiger partial charge in [-0.2, -0.15) is 13.2 Å². The Labute approximate surface area is 124 Å². The molecule has 1 aromatic carbocycles. The fourth-order valence-electron chi connectivity index (χ4n) is 2.84. The van der Waals surface area contributed by atoms with Crippen LogP contribution in [-0.2, 0) is 11.2 Å². The first-order chi connectivity index (χ1) is 9.94. The highest BCUT2D eigenvalue weighted by Gasteiger charge is 2.60. The van der Waals surface area contributed by atoms with Gasteiger partial charge in [-0.05, 0) is 35.4 Å². The summed E-state index contributed by atoms with van der Waals surface area (Å²) in [6, 6.07) is 7.47. The van der Waals surface area contributed by atoms with Gasteiger partial charge in [0.05, 0.1) is 0 Å². The molecule has 0 spiro atoms.